The lowest BCUT2D eigenvalue weighted by molar-refractivity contribution is 0.289. The van der Waals surface area contributed by atoms with Crippen molar-refractivity contribution in [3.05, 3.63) is 22.2 Å². The van der Waals surface area contributed by atoms with E-state index < -0.39 is 14.1 Å². The van der Waals surface area contributed by atoms with Gasteiger partial charge in [0.05, 0.1) is 10.1 Å². The summed E-state index contributed by atoms with van der Waals surface area (Å²) in [6, 6.07) is 0. The zero-order chi connectivity index (χ0) is 14.1. The number of allylic oxidation sites excluding steroid dienone is 4. The molecule has 0 aliphatic heterocycles. The van der Waals surface area contributed by atoms with E-state index in [0.29, 0.717) is 10.1 Å². The van der Waals surface area contributed by atoms with Crippen LogP contribution in [0, 0.1) is 11.8 Å². The van der Waals surface area contributed by atoms with Gasteiger partial charge in [-0.1, -0.05) is 58.6 Å². The van der Waals surface area contributed by atoms with Crippen molar-refractivity contribution >= 4 is 69.6 Å². The topological polar surface area (TPSA) is 0 Å². The molecule has 0 nitrogen and oxygen atoms in total. The van der Waals surface area contributed by atoms with Gasteiger partial charge >= 0.3 is 0 Å². The molecule has 0 aromatic carbocycles. The summed E-state index contributed by atoms with van der Waals surface area (Å²) in [6.07, 6.45) is 7.89. The van der Waals surface area contributed by atoms with E-state index in [1.54, 1.807) is 0 Å². The van der Waals surface area contributed by atoms with Crippen molar-refractivity contribution in [2.75, 3.05) is 0 Å². The van der Waals surface area contributed by atoms with E-state index in [-0.39, 0.29) is 11.8 Å². The molecule has 0 aromatic rings. The van der Waals surface area contributed by atoms with Crippen LogP contribution in [-0.4, -0.2) is 14.1 Å². The van der Waals surface area contributed by atoms with Crippen LogP contribution in [0.25, 0.3) is 0 Å². The Labute approximate surface area is 143 Å². The molecule has 4 atom stereocenters. The zero-order valence-electron chi connectivity index (χ0n) is 9.91. The van der Waals surface area contributed by atoms with Crippen LogP contribution in [0.3, 0.4) is 0 Å². The van der Waals surface area contributed by atoms with Gasteiger partial charge in [0.25, 0.3) is 0 Å². The third-order valence-corrected chi connectivity index (χ3v) is 9.06. The van der Waals surface area contributed by atoms with Crippen molar-refractivity contribution in [2.24, 2.45) is 11.8 Å². The average Bonchev–Trinajstić information content (AvgIpc) is 2.50. The maximum atomic E-state index is 6.78. The van der Waals surface area contributed by atoms with Gasteiger partial charge in [0.2, 0.25) is 0 Å². The molecule has 0 aromatic heterocycles. The van der Waals surface area contributed by atoms with E-state index in [9.17, 15) is 0 Å². The lowest BCUT2D eigenvalue weighted by Crippen LogP contribution is -2.44. The third-order valence-electron chi connectivity index (χ3n) is 4.71. The summed E-state index contributed by atoms with van der Waals surface area (Å²) in [4.78, 5) is -2.15. The number of hydrogen-bond donors (Lipinski definition) is 0. The van der Waals surface area contributed by atoms with Gasteiger partial charge in [0.1, 0.15) is 9.75 Å². The molecule has 0 heterocycles. The van der Waals surface area contributed by atoms with Crippen LogP contribution >= 0.6 is 69.6 Å². The summed E-state index contributed by atoms with van der Waals surface area (Å²) in [5.41, 5.74) is 0. The number of alkyl halides is 4. The van der Waals surface area contributed by atoms with Crippen LogP contribution in [0.1, 0.15) is 25.7 Å². The van der Waals surface area contributed by atoms with E-state index in [1.165, 1.54) is 0 Å². The van der Waals surface area contributed by atoms with E-state index >= 15 is 0 Å². The lowest BCUT2D eigenvalue weighted by atomic mass is 9.76. The lowest BCUT2D eigenvalue weighted by Gasteiger charge is -2.37. The summed E-state index contributed by atoms with van der Waals surface area (Å²) < 4.78 is -1.38. The van der Waals surface area contributed by atoms with Crippen LogP contribution in [-0.2, 0) is 0 Å². The second-order valence-corrected chi connectivity index (χ2v) is 8.74. The van der Waals surface area contributed by atoms with Crippen molar-refractivity contribution in [1.29, 1.82) is 0 Å². The maximum Gasteiger partial charge on any atom is 0.166 e. The summed E-state index contributed by atoms with van der Waals surface area (Å²) in [5, 5.41) is 0.642. The molecule has 1 saturated carbocycles. The van der Waals surface area contributed by atoms with Crippen molar-refractivity contribution in [3.63, 3.8) is 0 Å². The van der Waals surface area contributed by atoms with E-state index in [1.807, 2.05) is 0 Å². The third kappa shape index (κ3) is 1.57. The summed E-state index contributed by atoms with van der Waals surface area (Å²) in [5.74, 6) is 0.0863. The minimum Gasteiger partial charge on any atom is -0.109 e. The first-order valence-electron chi connectivity index (χ1n) is 6.26. The molecule has 3 aliphatic rings. The number of halogens is 6. The van der Waals surface area contributed by atoms with Gasteiger partial charge in [-0.15, -0.1) is 23.2 Å². The molecule has 3 rings (SSSR count). The highest BCUT2D eigenvalue weighted by Gasteiger charge is 2.81. The normalized spacial score (nSPS) is 49.8. The van der Waals surface area contributed by atoms with Crippen molar-refractivity contribution in [3.8, 4) is 0 Å². The number of fused-ring (bicyclic) bond motifs is 5. The molecule has 1 fully saturated rings. The quantitative estimate of drug-likeness (QED) is 0.347. The van der Waals surface area contributed by atoms with Gasteiger partial charge in [-0.2, -0.15) is 0 Å². The fourth-order valence-corrected chi connectivity index (χ4v) is 6.94. The van der Waals surface area contributed by atoms with E-state index in [4.69, 9.17) is 69.6 Å². The van der Waals surface area contributed by atoms with Gasteiger partial charge in [0.15, 0.2) is 4.33 Å². The molecule has 0 radical (unpaired) electrons. The molecule has 106 valence electrons. The molecule has 0 saturated heterocycles. The molecule has 2 bridgehead atoms. The Balaban J connectivity index is 2.18. The SMILES string of the molecule is ClC1=C(Cl)C2(Cl)C3CC/C=C\CCC3C1(Cl)C2(Cl)Cl. The van der Waals surface area contributed by atoms with Gasteiger partial charge < -0.3 is 0 Å². The predicted octanol–water partition coefficient (Wildman–Crippen LogP) is 6.19. The molecular weight excluding hydrogens is 369 g/mol. The largest absolute Gasteiger partial charge is 0.166 e. The zero-order valence-corrected chi connectivity index (χ0v) is 14.4. The van der Waals surface area contributed by atoms with Crippen LogP contribution in [0.5, 0.6) is 0 Å². The molecule has 0 amide bonds. The Morgan fingerprint density at radius 1 is 0.789 bits per heavy atom. The van der Waals surface area contributed by atoms with E-state index in [2.05, 4.69) is 12.2 Å². The standard InChI is InChI=1S/C13H12Cl6/c14-9-10(15)12(17)8-6-4-2-1-3-5-7(8)11(9,16)13(12,18)19/h1-2,7-8H,3-6H2/b2-1-. The fourth-order valence-electron chi connectivity index (χ4n) is 3.79. The average molecular weight is 381 g/mol. The minimum absolute atomic E-state index is 0.0432. The Morgan fingerprint density at radius 3 is 1.53 bits per heavy atom. The monoisotopic (exact) mass is 378 g/mol. The van der Waals surface area contributed by atoms with Gasteiger partial charge in [-0.3, -0.25) is 0 Å². The van der Waals surface area contributed by atoms with Gasteiger partial charge in [0, 0.05) is 0 Å². The Morgan fingerprint density at radius 2 is 1.16 bits per heavy atom. The minimum atomic E-state index is -1.38. The predicted molar refractivity (Wildman–Crippen MR) is 84.9 cm³/mol. The van der Waals surface area contributed by atoms with Gasteiger partial charge in [-0.05, 0) is 37.5 Å². The highest BCUT2D eigenvalue weighted by Crippen LogP contribution is 2.77. The van der Waals surface area contributed by atoms with Crippen LogP contribution in [0.4, 0.5) is 0 Å². The first kappa shape index (κ1) is 15.1. The smallest absolute Gasteiger partial charge is 0.109 e. The molecule has 6 heteroatoms. The van der Waals surface area contributed by atoms with Crippen molar-refractivity contribution in [1.82, 2.24) is 0 Å². The Hall–Kier alpha value is 1.22. The van der Waals surface area contributed by atoms with E-state index in [0.717, 1.165) is 25.7 Å². The van der Waals surface area contributed by atoms with Crippen molar-refractivity contribution in [2.45, 2.75) is 39.8 Å². The first-order valence-corrected chi connectivity index (χ1v) is 8.53. The summed E-state index contributed by atoms with van der Waals surface area (Å²) >= 11 is 39.3. The summed E-state index contributed by atoms with van der Waals surface area (Å²) in [6.45, 7) is 0. The molecule has 4 unspecified atom stereocenters. The second kappa shape index (κ2) is 4.61. The van der Waals surface area contributed by atoms with Crippen molar-refractivity contribution < 1.29 is 0 Å². The molecule has 19 heavy (non-hydrogen) atoms. The molecular formula is C13H12Cl6. The molecule has 0 N–H and O–H groups in total. The number of rotatable bonds is 0. The van der Waals surface area contributed by atoms with Crippen LogP contribution < -0.4 is 0 Å². The number of hydrogen-bond acceptors (Lipinski definition) is 0. The molecule has 3 aliphatic carbocycles. The molecule has 0 spiro atoms. The maximum absolute atomic E-state index is 6.78. The summed E-state index contributed by atoms with van der Waals surface area (Å²) in [7, 11) is 0. The highest BCUT2D eigenvalue weighted by molar-refractivity contribution is 6.65. The Kier molecular flexibility index (Phi) is 3.67. The van der Waals surface area contributed by atoms with Crippen LogP contribution in [0.2, 0.25) is 0 Å². The highest BCUT2D eigenvalue weighted by atomic mass is 35.5. The first-order chi connectivity index (χ1) is 8.79. The Bertz CT molecular complexity index is 442. The van der Waals surface area contributed by atoms with Gasteiger partial charge in [-0.25, -0.2) is 0 Å². The fraction of sp³-hybridized carbons (Fsp3) is 0.692. The van der Waals surface area contributed by atoms with Crippen LogP contribution in [0.15, 0.2) is 22.2 Å². The second-order valence-electron chi connectivity index (χ2n) is 5.46.